The summed E-state index contributed by atoms with van der Waals surface area (Å²) in [6.45, 7) is 6.64. The molecule has 0 unspecified atom stereocenters. The Bertz CT molecular complexity index is 536. The molecule has 1 saturated carbocycles. The van der Waals surface area contributed by atoms with Gasteiger partial charge in [0, 0.05) is 0 Å². The summed E-state index contributed by atoms with van der Waals surface area (Å²) >= 11 is -2.34. The molecule has 1 aromatic carbocycles. The van der Waals surface area contributed by atoms with Gasteiger partial charge in [0.25, 0.3) is 0 Å². The van der Waals surface area contributed by atoms with Crippen molar-refractivity contribution in [1.29, 1.82) is 0 Å². The van der Waals surface area contributed by atoms with E-state index in [1.54, 1.807) is 29.2 Å². The Morgan fingerprint density at radius 3 is 2.41 bits per heavy atom. The first-order valence-electron chi connectivity index (χ1n) is 8.03. The van der Waals surface area contributed by atoms with Gasteiger partial charge in [-0.15, -0.1) is 0 Å². The molecule has 0 heterocycles. The summed E-state index contributed by atoms with van der Waals surface area (Å²) in [7, 11) is 0. The molecule has 3 nitrogen and oxygen atoms in total. The SMILES string of the molecule is CC(C)[C@@H]1CC[C@@H](C)C[C@H]1OC(=O)c1ccc([Te](C)=O)cc1. The van der Waals surface area contributed by atoms with Gasteiger partial charge >= 0.3 is 140 Å². The summed E-state index contributed by atoms with van der Waals surface area (Å²) in [5, 5.41) is 0. The Morgan fingerprint density at radius 1 is 1.23 bits per heavy atom. The number of carbonyl (C=O) groups is 1. The zero-order chi connectivity index (χ0) is 16.3. The molecule has 22 heavy (non-hydrogen) atoms. The van der Waals surface area contributed by atoms with Crippen molar-refractivity contribution in [2.45, 2.75) is 51.1 Å². The van der Waals surface area contributed by atoms with E-state index in [1.807, 2.05) is 0 Å². The van der Waals surface area contributed by atoms with Crippen LogP contribution in [0.2, 0.25) is 4.97 Å². The zero-order valence-corrected chi connectivity index (χ0v) is 16.2. The molecule has 0 saturated heterocycles. The van der Waals surface area contributed by atoms with Crippen molar-refractivity contribution in [3.8, 4) is 0 Å². The predicted octanol–water partition coefficient (Wildman–Crippen LogP) is 3.56. The molecule has 0 radical (unpaired) electrons. The van der Waals surface area contributed by atoms with E-state index in [1.165, 1.54) is 6.42 Å². The third-order valence-corrected chi connectivity index (χ3v) is 7.31. The second-order valence-electron chi connectivity index (χ2n) is 6.75. The topological polar surface area (TPSA) is 43.4 Å². The first kappa shape index (κ1) is 17.6. The molecule has 2 rings (SSSR count). The Morgan fingerprint density at radius 2 is 1.86 bits per heavy atom. The van der Waals surface area contributed by atoms with Gasteiger partial charge in [-0.2, -0.15) is 0 Å². The number of benzene rings is 1. The van der Waals surface area contributed by atoms with Crippen LogP contribution in [0.15, 0.2) is 24.3 Å². The van der Waals surface area contributed by atoms with Crippen LogP contribution < -0.4 is 3.61 Å². The van der Waals surface area contributed by atoms with Crippen LogP contribution in [0.4, 0.5) is 0 Å². The van der Waals surface area contributed by atoms with Crippen LogP contribution in [-0.2, 0) is 7.84 Å². The van der Waals surface area contributed by atoms with Crippen LogP contribution in [0, 0.1) is 17.8 Å². The van der Waals surface area contributed by atoms with Crippen molar-refractivity contribution in [3.05, 3.63) is 29.8 Å². The van der Waals surface area contributed by atoms with Crippen molar-refractivity contribution in [2.24, 2.45) is 17.8 Å². The molecule has 0 aliphatic heterocycles. The normalized spacial score (nSPS) is 25.5. The summed E-state index contributed by atoms with van der Waals surface area (Å²) < 4.78 is 18.2. The van der Waals surface area contributed by atoms with E-state index in [9.17, 15) is 7.90 Å². The van der Waals surface area contributed by atoms with Gasteiger partial charge in [-0.25, -0.2) is 0 Å². The van der Waals surface area contributed by atoms with Gasteiger partial charge in [-0.05, 0) is 0 Å². The van der Waals surface area contributed by atoms with Gasteiger partial charge in [-0.3, -0.25) is 0 Å². The number of hydrogen-bond acceptors (Lipinski definition) is 3. The van der Waals surface area contributed by atoms with Gasteiger partial charge in [0.2, 0.25) is 0 Å². The maximum absolute atomic E-state index is 12.4. The molecule has 122 valence electrons. The standard InChI is InChI=1S/C18H26O3Te/c1-12(2)16-10-5-13(3)11-17(16)21-18(19)14-6-8-15(9-7-14)22(4)20/h6-9,12-13,16-17H,5,10-11H2,1-4H3/t13-,16+,17-/m1/s1. The summed E-state index contributed by atoms with van der Waals surface area (Å²) in [6.07, 6.45) is 3.33. The summed E-state index contributed by atoms with van der Waals surface area (Å²) in [5.74, 6) is 1.35. The first-order valence-corrected chi connectivity index (χ1v) is 12.5. The van der Waals surface area contributed by atoms with Gasteiger partial charge in [0.05, 0.1) is 0 Å². The van der Waals surface area contributed by atoms with E-state index in [4.69, 9.17) is 4.74 Å². The number of hydrogen-bond donors (Lipinski definition) is 0. The molecular weight excluding hydrogens is 392 g/mol. The van der Waals surface area contributed by atoms with Crippen LogP contribution in [0.3, 0.4) is 0 Å². The second-order valence-corrected chi connectivity index (χ2v) is 10.7. The summed E-state index contributed by atoms with van der Waals surface area (Å²) in [6, 6.07) is 7.07. The van der Waals surface area contributed by atoms with Gasteiger partial charge in [-0.1, -0.05) is 0 Å². The number of rotatable bonds is 4. The number of ether oxygens (including phenoxy) is 1. The summed E-state index contributed by atoms with van der Waals surface area (Å²) in [5.41, 5.74) is 0.560. The van der Waals surface area contributed by atoms with E-state index in [2.05, 4.69) is 20.8 Å². The average Bonchev–Trinajstić information content (AvgIpc) is 2.47. The average molecular weight is 418 g/mol. The number of carbonyl (C=O) groups excluding carboxylic acids is 1. The molecule has 0 N–H and O–H groups in total. The van der Waals surface area contributed by atoms with E-state index < -0.39 is 19.5 Å². The Hall–Kier alpha value is -0.720. The van der Waals surface area contributed by atoms with E-state index >= 15 is 0 Å². The predicted molar refractivity (Wildman–Crippen MR) is 88.9 cm³/mol. The molecule has 1 aliphatic carbocycles. The monoisotopic (exact) mass is 420 g/mol. The van der Waals surface area contributed by atoms with E-state index in [-0.39, 0.29) is 12.1 Å². The second kappa shape index (κ2) is 7.70. The molecule has 0 aromatic heterocycles. The summed E-state index contributed by atoms with van der Waals surface area (Å²) in [4.78, 5) is 14.2. The van der Waals surface area contributed by atoms with Crippen molar-refractivity contribution in [1.82, 2.24) is 0 Å². The van der Waals surface area contributed by atoms with Gasteiger partial charge < -0.3 is 0 Å². The first-order chi connectivity index (χ1) is 10.4. The van der Waals surface area contributed by atoms with Crippen molar-refractivity contribution < 1.29 is 12.6 Å². The molecule has 4 heteroatoms. The van der Waals surface area contributed by atoms with Crippen molar-refractivity contribution in [2.75, 3.05) is 0 Å². The molecular formula is C18H26O3Te. The molecule has 1 fully saturated rings. The Balaban J connectivity index is 2.07. The van der Waals surface area contributed by atoms with Gasteiger partial charge in [0.1, 0.15) is 0 Å². The molecule has 1 aliphatic rings. The fourth-order valence-electron chi connectivity index (χ4n) is 3.24. The minimum absolute atomic E-state index is 0.0193. The zero-order valence-electron chi connectivity index (χ0n) is 13.9. The van der Waals surface area contributed by atoms with E-state index in [0.717, 1.165) is 16.5 Å². The quantitative estimate of drug-likeness (QED) is 0.555. The molecule has 0 bridgehead atoms. The third-order valence-electron chi connectivity index (χ3n) is 4.64. The van der Waals surface area contributed by atoms with Crippen LogP contribution >= 0.6 is 0 Å². The Kier molecular flexibility index (Phi) is 6.17. The molecule has 0 spiro atoms. The van der Waals surface area contributed by atoms with Crippen LogP contribution in [0.25, 0.3) is 0 Å². The number of esters is 1. The molecule has 1 aromatic rings. The fourth-order valence-corrected chi connectivity index (χ4v) is 4.72. The van der Waals surface area contributed by atoms with Crippen LogP contribution in [0.1, 0.15) is 50.4 Å². The fraction of sp³-hybridized carbons (Fsp3) is 0.611. The Labute approximate surface area is 140 Å². The molecule has 3 atom stereocenters. The molecule has 0 amide bonds. The van der Waals surface area contributed by atoms with Crippen molar-refractivity contribution in [3.63, 3.8) is 0 Å². The van der Waals surface area contributed by atoms with Crippen molar-refractivity contribution >= 4 is 29.1 Å². The minimum atomic E-state index is -2.34. The van der Waals surface area contributed by atoms with Crippen LogP contribution in [-0.4, -0.2) is 31.6 Å². The third kappa shape index (κ3) is 4.40. The van der Waals surface area contributed by atoms with Crippen LogP contribution in [0.5, 0.6) is 0 Å². The maximum atomic E-state index is 12.4. The van der Waals surface area contributed by atoms with E-state index in [0.29, 0.717) is 23.3 Å². The van der Waals surface area contributed by atoms with Gasteiger partial charge in [0.15, 0.2) is 0 Å².